The first-order valence-electron chi connectivity index (χ1n) is 6.73. The predicted molar refractivity (Wildman–Crippen MR) is 85.5 cm³/mol. The van der Waals surface area contributed by atoms with Crippen LogP contribution in [-0.2, 0) is 0 Å². The van der Waals surface area contributed by atoms with E-state index in [0.717, 1.165) is 11.3 Å². The lowest BCUT2D eigenvalue weighted by Gasteiger charge is -2.11. The van der Waals surface area contributed by atoms with Gasteiger partial charge in [0.15, 0.2) is 0 Å². The fourth-order valence-corrected chi connectivity index (χ4v) is 2.68. The summed E-state index contributed by atoms with van der Waals surface area (Å²) in [7, 11) is 0. The molecule has 0 unspecified atom stereocenters. The van der Waals surface area contributed by atoms with Crippen molar-refractivity contribution in [2.45, 2.75) is 18.7 Å². The fourth-order valence-electron chi connectivity index (χ4n) is 1.95. The van der Waals surface area contributed by atoms with Crippen LogP contribution < -0.4 is 4.74 Å². The molecule has 0 atom stereocenters. The van der Waals surface area contributed by atoms with Crippen molar-refractivity contribution in [2.24, 2.45) is 0 Å². The van der Waals surface area contributed by atoms with Crippen LogP contribution in [0.3, 0.4) is 0 Å². The smallest absolute Gasteiger partial charge is 0.339 e. The molecule has 21 heavy (non-hydrogen) atoms. The molecule has 4 heteroatoms. The number of carbonyl (C=O) groups is 1. The van der Waals surface area contributed by atoms with Crippen molar-refractivity contribution >= 4 is 17.7 Å². The van der Waals surface area contributed by atoms with Crippen molar-refractivity contribution < 1.29 is 14.6 Å². The summed E-state index contributed by atoms with van der Waals surface area (Å²) in [4.78, 5) is 12.4. The third-order valence-electron chi connectivity index (χ3n) is 3.06. The molecule has 2 rings (SSSR count). The Morgan fingerprint density at radius 1 is 1.14 bits per heavy atom. The van der Waals surface area contributed by atoms with Gasteiger partial charge in [-0.3, -0.25) is 0 Å². The molecule has 0 saturated heterocycles. The molecule has 0 spiro atoms. The Bertz CT molecular complexity index is 620. The van der Waals surface area contributed by atoms with Crippen LogP contribution in [0.1, 0.15) is 21.5 Å². The first-order valence-corrected chi connectivity index (χ1v) is 7.71. The van der Waals surface area contributed by atoms with E-state index >= 15 is 0 Å². The lowest BCUT2D eigenvalue weighted by molar-refractivity contribution is 0.0692. The monoisotopic (exact) mass is 302 g/mol. The van der Waals surface area contributed by atoms with Gasteiger partial charge in [-0.05, 0) is 37.6 Å². The number of hydrogen-bond acceptors (Lipinski definition) is 3. The highest BCUT2D eigenvalue weighted by Crippen LogP contribution is 2.24. The lowest BCUT2D eigenvalue weighted by Crippen LogP contribution is -2.07. The number of para-hydroxylation sites is 1. The minimum Gasteiger partial charge on any atom is -0.492 e. The van der Waals surface area contributed by atoms with Crippen molar-refractivity contribution in [1.82, 2.24) is 0 Å². The third-order valence-corrected chi connectivity index (χ3v) is 4.04. The standard InChI is InChI=1S/C17H18O3S/c1-12-6-8-14(9-7-12)21-11-10-20-16-13(2)4-3-5-15(16)17(18)19/h3-9H,10-11H2,1-2H3,(H,18,19). The van der Waals surface area contributed by atoms with Crippen molar-refractivity contribution in [3.05, 3.63) is 59.2 Å². The largest absolute Gasteiger partial charge is 0.492 e. The molecule has 1 N–H and O–H groups in total. The first kappa shape index (κ1) is 15.4. The second-order valence-electron chi connectivity index (χ2n) is 4.77. The van der Waals surface area contributed by atoms with Crippen LogP contribution in [-0.4, -0.2) is 23.4 Å². The quantitative estimate of drug-likeness (QED) is 0.642. The van der Waals surface area contributed by atoms with Gasteiger partial charge in [-0.15, -0.1) is 11.8 Å². The Hall–Kier alpha value is -1.94. The molecule has 0 radical (unpaired) electrons. The van der Waals surface area contributed by atoms with Gasteiger partial charge in [0.1, 0.15) is 11.3 Å². The molecular formula is C17H18O3S. The number of carboxylic acid groups (broad SMARTS) is 1. The molecule has 0 aliphatic carbocycles. The highest BCUT2D eigenvalue weighted by Gasteiger charge is 2.13. The minimum absolute atomic E-state index is 0.218. The van der Waals surface area contributed by atoms with Gasteiger partial charge in [-0.1, -0.05) is 29.8 Å². The molecule has 0 heterocycles. The van der Waals surface area contributed by atoms with E-state index < -0.39 is 5.97 Å². The summed E-state index contributed by atoms with van der Waals surface area (Å²) in [6.45, 7) is 4.39. The third kappa shape index (κ3) is 4.26. The van der Waals surface area contributed by atoms with E-state index in [4.69, 9.17) is 9.84 Å². The summed E-state index contributed by atoms with van der Waals surface area (Å²) in [5.74, 6) is 0.283. The van der Waals surface area contributed by atoms with E-state index in [0.29, 0.717) is 12.4 Å². The summed E-state index contributed by atoms with van der Waals surface area (Å²) in [5.41, 5.74) is 2.30. The molecule has 2 aromatic rings. The maximum atomic E-state index is 11.2. The van der Waals surface area contributed by atoms with Crippen LogP contribution in [0.2, 0.25) is 0 Å². The number of benzene rings is 2. The number of thioether (sulfide) groups is 1. The van der Waals surface area contributed by atoms with Crippen molar-refractivity contribution in [3.8, 4) is 5.75 Å². The van der Waals surface area contributed by atoms with E-state index in [-0.39, 0.29) is 5.56 Å². The van der Waals surface area contributed by atoms with Gasteiger partial charge in [0.2, 0.25) is 0 Å². The summed E-state index contributed by atoms with van der Waals surface area (Å²) < 4.78 is 5.67. The molecule has 110 valence electrons. The van der Waals surface area contributed by atoms with Crippen LogP contribution in [0.25, 0.3) is 0 Å². The minimum atomic E-state index is -0.958. The Morgan fingerprint density at radius 3 is 2.52 bits per heavy atom. The van der Waals surface area contributed by atoms with Crippen LogP contribution in [0.4, 0.5) is 0 Å². The molecule has 0 saturated carbocycles. The molecule has 0 aliphatic rings. The molecule has 0 fully saturated rings. The summed E-state index contributed by atoms with van der Waals surface area (Å²) in [6, 6.07) is 13.5. The van der Waals surface area contributed by atoms with E-state index in [1.54, 1.807) is 23.9 Å². The average Bonchev–Trinajstić information content (AvgIpc) is 2.46. The van der Waals surface area contributed by atoms with E-state index in [1.807, 2.05) is 13.0 Å². The number of aryl methyl sites for hydroxylation is 2. The highest BCUT2D eigenvalue weighted by atomic mass is 32.2. The molecular weight excluding hydrogens is 284 g/mol. The molecule has 0 bridgehead atoms. The Morgan fingerprint density at radius 2 is 1.86 bits per heavy atom. The zero-order valence-electron chi connectivity index (χ0n) is 12.1. The summed E-state index contributed by atoms with van der Waals surface area (Å²) in [6.07, 6.45) is 0. The van der Waals surface area contributed by atoms with Crippen molar-refractivity contribution in [1.29, 1.82) is 0 Å². The Labute approximate surface area is 129 Å². The van der Waals surface area contributed by atoms with E-state index in [1.165, 1.54) is 10.5 Å². The van der Waals surface area contributed by atoms with Crippen molar-refractivity contribution in [2.75, 3.05) is 12.4 Å². The predicted octanol–water partition coefficient (Wildman–Crippen LogP) is 4.17. The summed E-state index contributed by atoms with van der Waals surface area (Å²) in [5, 5.41) is 9.17. The van der Waals surface area contributed by atoms with Crippen LogP contribution in [0.5, 0.6) is 5.75 Å². The number of aromatic carboxylic acids is 1. The first-order chi connectivity index (χ1) is 10.1. The average molecular weight is 302 g/mol. The van der Waals surface area contributed by atoms with Gasteiger partial charge in [-0.2, -0.15) is 0 Å². The molecule has 0 aliphatic heterocycles. The second kappa shape index (κ2) is 7.18. The SMILES string of the molecule is Cc1ccc(SCCOc2c(C)cccc2C(=O)O)cc1. The zero-order valence-corrected chi connectivity index (χ0v) is 12.9. The number of rotatable bonds is 6. The molecule has 3 nitrogen and oxygen atoms in total. The van der Waals surface area contributed by atoms with E-state index in [9.17, 15) is 4.79 Å². The van der Waals surface area contributed by atoms with Gasteiger partial charge >= 0.3 is 5.97 Å². The highest BCUT2D eigenvalue weighted by molar-refractivity contribution is 7.99. The lowest BCUT2D eigenvalue weighted by atomic mass is 10.1. The number of ether oxygens (including phenoxy) is 1. The van der Waals surface area contributed by atoms with Crippen LogP contribution in [0, 0.1) is 13.8 Å². The topological polar surface area (TPSA) is 46.5 Å². The van der Waals surface area contributed by atoms with Gasteiger partial charge in [-0.25, -0.2) is 4.79 Å². The maximum Gasteiger partial charge on any atom is 0.339 e. The Kier molecular flexibility index (Phi) is 5.28. The normalized spacial score (nSPS) is 10.4. The molecule has 2 aromatic carbocycles. The number of carboxylic acids is 1. The summed E-state index contributed by atoms with van der Waals surface area (Å²) >= 11 is 1.70. The van der Waals surface area contributed by atoms with Crippen LogP contribution >= 0.6 is 11.8 Å². The van der Waals surface area contributed by atoms with Gasteiger partial charge in [0, 0.05) is 10.6 Å². The van der Waals surface area contributed by atoms with Gasteiger partial charge < -0.3 is 9.84 Å². The Balaban J connectivity index is 1.92. The van der Waals surface area contributed by atoms with Crippen molar-refractivity contribution in [3.63, 3.8) is 0 Å². The van der Waals surface area contributed by atoms with E-state index in [2.05, 4.69) is 31.2 Å². The maximum absolute atomic E-state index is 11.2. The second-order valence-corrected chi connectivity index (χ2v) is 5.94. The molecule has 0 aromatic heterocycles. The van der Waals surface area contributed by atoms with Gasteiger partial charge in [0.25, 0.3) is 0 Å². The molecule has 0 amide bonds. The van der Waals surface area contributed by atoms with Gasteiger partial charge in [0.05, 0.1) is 6.61 Å². The van der Waals surface area contributed by atoms with Crippen LogP contribution in [0.15, 0.2) is 47.4 Å². The fraction of sp³-hybridized carbons (Fsp3) is 0.235. The zero-order chi connectivity index (χ0) is 15.2. The number of hydrogen-bond donors (Lipinski definition) is 1.